The molecule has 0 fully saturated rings. The largest absolute Gasteiger partial charge is 0.478 e. The van der Waals surface area contributed by atoms with Crippen LogP contribution in [0.2, 0.25) is 0 Å². The van der Waals surface area contributed by atoms with Gasteiger partial charge in [0.2, 0.25) is 0 Å². The van der Waals surface area contributed by atoms with Gasteiger partial charge < -0.3 is 9.67 Å². The first kappa shape index (κ1) is 13.7. The molecule has 0 aliphatic carbocycles. The molecule has 0 amide bonds. The highest BCUT2D eigenvalue weighted by molar-refractivity contribution is 5.94. The van der Waals surface area contributed by atoms with Crippen molar-refractivity contribution in [1.82, 2.24) is 4.57 Å². The summed E-state index contributed by atoms with van der Waals surface area (Å²) < 4.78 is 2.20. The third-order valence-electron chi connectivity index (χ3n) is 3.48. The number of aromatic carboxylic acids is 1. The Morgan fingerprint density at radius 3 is 2.68 bits per heavy atom. The zero-order chi connectivity index (χ0) is 13.8. The van der Waals surface area contributed by atoms with Crippen LogP contribution in [0.3, 0.4) is 0 Å². The Hall–Kier alpha value is -1.77. The van der Waals surface area contributed by atoms with Gasteiger partial charge in [-0.1, -0.05) is 32.8 Å². The lowest BCUT2D eigenvalue weighted by Crippen LogP contribution is -1.99. The van der Waals surface area contributed by atoms with Crippen molar-refractivity contribution >= 4 is 16.9 Å². The second kappa shape index (κ2) is 5.91. The fourth-order valence-electron chi connectivity index (χ4n) is 2.48. The predicted octanol–water partition coefficient (Wildman–Crippen LogP) is 4.09. The third kappa shape index (κ3) is 2.80. The van der Waals surface area contributed by atoms with Gasteiger partial charge in [-0.15, -0.1) is 0 Å². The molecular weight excluding hydrogens is 238 g/mol. The van der Waals surface area contributed by atoms with Gasteiger partial charge in [0, 0.05) is 23.6 Å². The minimum Gasteiger partial charge on any atom is -0.478 e. The summed E-state index contributed by atoms with van der Waals surface area (Å²) in [7, 11) is 0. The van der Waals surface area contributed by atoms with Crippen molar-refractivity contribution in [2.24, 2.45) is 0 Å². The van der Waals surface area contributed by atoms with Crippen LogP contribution in [0.25, 0.3) is 10.9 Å². The van der Waals surface area contributed by atoms with Gasteiger partial charge in [-0.05, 0) is 30.5 Å². The quantitative estimate of drug-likeness (QED) is 0.849. The molecule has 19 heavy (non-hydrogen) atoms. The van der Waals surface area contributed by atoms with Crippen LogP contribution in [0.15, 0.2) is 24.4 Å². The van der Waals surface area contributed by atoms with Crippen LogP contribution < -0.4 is 0 Å². The van der Waals surface area contributed by atoms with Crippen molar-refractivity contribution < 1.29 is 9.90 Å². The maximum Gasteiger partial charge on any atom is 0.335 e. The van der Waals surface area contributed by atoms with Crippen LogP contribution in [0.5, 0.6) is 0 Å². The predicted molar refractivity (Wildman–Crippen MR) is 77.8 cm³/mol. The Bertz CT molecular complexity index is 584. The summed E-state index contributed by atoms with van der Waals surface area (Å²) in [5, 5.41) is 10.3. The van der Waals surface area contributed by atoms with Gasteiger partial charge in [-0.3, -0.25) is 0 Å². The lowest BCUT2D eigenvalue weighted by molar-refractivity contribution is 0.0697. The lowest BCUT2D eigenvalue weighted by Gasteiger charge is -2.04. The van der Waals surface area contributed by atoms with Gasteiger partial charge in [0.05, 0.1) is 5.56 Å². The van der Waals surface area contributed by atoms with Crippen molar-refractivity contribution in [1.29, 1.82) is 0 Å². The monoisotopic (exact) mass is 259 g/mol. The summed E-state index contributed by atoms with van der Waals surface area (Å²) >= 11 is 0. The van der Waals surface area contributed by atoms with Crippen LogP contribution in [-0.2, 0) is 13.0 Å². The summed E-state index contributed by atoms with van der Waals surface area (Å²) in [6, 6.07) is 5.45. The number of hydrogen-bond donors (Lipinski definition) is 1. The number of benzene rings is 1. The number of carboxylic acids is 1. The van der Waals surface area contributed by atoms with E-state index in [4.69, 9.17) is 5.11 Å². The molecule has 0 aliphatic rings. The fraction of sp³-hybridized carbons (Fsp3) is 0.438. The average Bonchev–Trinajstić information content (AvgIpc) is 2.74. The van der Waals surface area contributed by atoms with Gasteiger partial charge in [0.1, 0.15) is 0 Å². The summed E-state index contributed by atoms with van der Waals surface area (Å²) in [5.74, 6) is -0.859. The van der Waals surface area contributed by atoms with E-state index in [1.165, 1.54) is 10.9 Å². The molecule has 0 aliphatic heterocycles. The average molecular weight is 259 g/mol. The number of aromatic nitrogens is 1. The van der Waals surface area contributed by atoms with Crippen LogP contribution in [0, 0.1) is 0 Å². The number of aryl methyl sites for hydroxylation is 2. The summed E-state index contributed by atoms with van der Waals surface area (Å²) in [4.78, 5) is 11.1. The maximum absolute atomic E-state index is 11.1. The normalized spacial score (nSPS) is 11.1. The molecule has 0 unspecified atom stereocenters. The molecule has 2 aromatic rings. The summed E-state index contributed by atoms with van der Waals surface area (Å²) in [6.07, 6.45) is 6.60. The van der Waals surface area contributed by atoms with Crippen molar-refractivity contribution in [3.63, 3.8) is 0 Å². The smallest absolute Gasteiger partial charge is 0.335 e. The molecule has 1 aromatic heterocycles. The molecule has 3 nitrogen and oxygen atoms in total. The van der Waals surface area contributed by atoms with E-state index < -0.39 is 5.97 Å². The Morgan fingerprint density at radius 2 is 2.05 bits per heavy atom. The van der Waals surface area contributed by atoms with Gasteiger partial charge in [-0.25, -0.2) is 4.79 Å². The van der Waals surface area contributed by atoms with Gasteiger partial charge >= 0.3 is 5.97 Å². The van der Waals surface area contributed by atoms with E-state index in [-0.39, 0.29) is 0 Å². The minimum atomic E-state index is -0.859. The van der Waals surface area contributed by atoms with Gasteiger partial charge in [0.25, 0.3) is 0 Å². The number of carbonyl (C=O) groups is 1. The summed E-state index contributed by atoms with van der Waals surface area (Å²) in [5.41, 5.74) is 2.74. The zero-order valence-corrected chi connectivity index (χ0v) is 11.6. The molecule has 0 bridgehead atoms. The topological polar surface area (TPSA) is 42.2 Å². The van der Waals surface area contributed by atoms with Gasteiger partial charge in [0.15, 0.2) is 0 Å². The highest BCUT2D eigenvalue weighted by Crippen LogP contribution is 2.24. The van der Waals surface area contributed by atoms with Crippen LogP contribution in [0.4, 0.5) is 0 Å². The zero-order valence-electron chi connectivity index (χ0n) is 11.6. The molecule has 2 rings (SSSR count). The molecule has 0 radical (unpaired) electrons. The van der Waals surface area contributed by atoms with E-state index in [0.29, 0.717) is 5.56 Å². The lowest BCUT2D eigenvalue weighted by atomic mass is 10.1. The highest BCUT2D eigenvalue weighted by Gasteiger charge is 2.11. The van der Waals surface area contributed by atoms with Crippen molar-refractivity contribution in [3.8, 4) is 0 Å². The van der Waals surface area contributed by atoms with E-state index in [1.807, 2.05) is 6.07 Å². The number of nitrogens with zero attached hydrogens (tertiary/aromatic N) is 1. The molecule has 0 spiro atoms. The SMILES string of the molecule is CCCCn1cc(CCC)c2ccc(C(=O)O)cc21. The molecule has 3 heteroatoms. The first-order valence-corrected chi connectivity index (χ1v) is 7.02. The first-order chi connectivity index (χ1) is 9.17. The number of fused-ring (bicyclic) bond motifs is 1. The maximum atomic E-state index is 11.1. The number of hydrogen-bond acceptors (Lipinski definition) is 1. The second-order valence-corrected chi connectivity index (χ2v) is 4.99. The van der Waals surface area contributed by atoms with Crippen molar-refractivity contribution in [2.45, 2.75) is 46.1 Å². The van der Waals surface area contributed by atoms with E-state index in [9.17, 15) is 4.79 Å². The molecule has 1 heterocycles. The minimum absolute atomic E-state index is 0.367. The molecule has 1 aromatic carbocycles. The Labute approximate surface area is 113 Å². The standard InChI is InChI=1S/C16H21NO2/c1-3-5-9-17-11-13(6-4-2)14-8-7-12(16(18)19)10-15(14)17/h7-8,10-11H,3-6,9H2,1-2H3,(H,18,19). The van der Waals surface area contributed by atoms with E-state index in [1.54, 1.807) is 12.1 Å². The highest BCUT2D eigenvalue weighted by atomic mass is 16.4. The van der Waals surface area contributed by atoms with E-state index in [2.05, 4.69) is 24.6 Å². The Balaban J connectivity index is 2.51. The first-order valence-electron chi connectivity index (χ1n) is 7.02. The van der Waals surface area contributed by atoms with E-state index >= 15 is 0 Å². The number of carboxylic acid groups (broad SMARTS) is 1. The van der Waals surface area contributed by atoms with Gasteiger partial charge in [-0.2, -0.15) is 0 Å². The molecular formula is C16H21NO2. The van der Waals surface area contributed by atoms with Crippen LogP contribution in [-0.4, -0.2) is 15.6 Å². The molecule has 0 saturated carbocycles. The molecule has 0 atom stereocenters. The number of unbranched alkanes of at least 4 members (excludes halogenated alkanes) is 1. The number of rotatable bonds is 6. The van der Waals surface area contributed by atoms with Crippen LogP contribution >= 0.6 is 0 Å². The third-order valence-corrected chi connectivity index (χ3v) is 3.48. The molecule has 102 valence electrons. The Kier molecular flexibility index (Phi) is 4.25. The fourth-order valence-corrected chi connectivity index (χ4v) is 2.48. The van der Waals surface area contributed by atoms with Crippen LogP contribution in [0.1, 0.15) is 49.0 Å². The van der Waals surface area contributed by atoms with Crippen molar-refractivity contribution in [2.75, 3.05) is 0 Å². The Morgan fingerprint density at radius 1 is 1.26 bits per heavy atom. The second-order valence-electron chi connectivity index (χ2n) is 4.99. The molecule has 1 N–H and O–H groups in total. The summed E-state index contributed by atoms with van der Waals surface area (Å²) in [6.45, 7) is 5.29. The molecule has 0 saturated heterocycles. The van der Waals surface area contributed by atoms with E-state index in [0.717, 1.165) is 37.7 Å². The van der Waals surface area contributed by atoms with Crippen molar-refractivity contribution in [3.05, 3.63) is 35.5 Å².